The molecule has 0 amide bonds. The van der Waals surface area contributed by atoms with Crippen molar-refractivity contribution in [3.05, 3.63) is 18.0 Å². The zero-order chi connectivity index (χ0) is 14.3. The fraction of sp³-hybridized carbons (Fsp3) is 0.455. The van der Waals surface area contributed by atoms with Gasteiger partial charge in [-0.1, -0.05) is 0 Å². The van der Waals surface area contributed by atoms with Gasteiger partial charge >= 0.3 is 0 Å². The van der Waals surface area contributed by atoms with Gasteiger partial charge in [0.2, 0.25) is 0 Å². The number of aryl methyl sites for hydroxylation is 1. The van der Waals surface area contributed by atoms with E-state index < -0.39 is 9.84 Å². The van der Waals surface area contributed by atoms with Gasteiger partial charge in [-0.25, -0.2) is 8.42 Å². The highest BCUT2D eigenvalue weighted by molar-refractivity contribution is 7.92. The standard InChI is InChI=1S/C11H15N5O2S2/c1-16-7(4-5-14-16)6-13-11-9(10(12)15-19-11)20(17,18)8-2-3-8/h4-5,8,13H,2-3,6H2,1H3,(H2,12,15). The van der Waals surface area contributed by atoms with E-state index in [1.165, 1.54) is 0 Å². The average molecular weight is 313 g/mol. The number of hydrogen-bond acceptors (Lipinski definition) is 7. The van der Waals surface area contributed by atoms with E-state index in [0.29, 0.717) is 24.4 Å². The van der Waals surface area contributed by atoms with Crippen LogP contribution >= 0.6 is 11.5 Å². The molecule has 0 aliphatic heterocycles. The van der Waals surface area contributed by atoms with Crippen molar-refractivity contribution in [1.82, 2.24) is 14.2 Å². The SMILES string of the molecule is Cn1nccc1CNc1snc(N)c1S(=O)(=O)C1CC1. The Kier molecular flexibility index (Phi) is 3.17. The molecule has 3 N–H and O–H groups in total. The normalized spacial score (nSPS) is 15.4. The summed E-state index contributed by atoms with van der Waals surface area (Å²) in [6.07, 6.45) is 3.11. The van der Waals surface area contributed by atoms with E-state index in [4.69, 9.17) is 5.73 Å². The lowest BCUT2D eigenvalue weighted by molar-refractivity contribution is 0.595. The lowest BCUT2D eigenvalue weighted by atomic mass is 10.4. The van der Waals surface area contributed by atoms with Crippen molar-refractivity contribution in [3.63, 3.8) is 0 Å². The molecular formula is C11H15N5O2S2. The van der Waals surface area contributed by atoms with Crippen LogP contribution in [0.4, 0.5) is 10.8 Å². The molecule has 0 bridgehead atoms. The summed E-state index contributed by atoms with van der Waals surface area (Å²) in [7, 11) is -1.51. The number of nitrogen functional groups attached to an aromatic ring is 1. The number of sulfone groups is 1. The maximum Gasteiger partial charge on any atom is 0.187 e. The Morgan fingerprint density at radius 3 is 2.90 bits per heavy atom. The molecule has 1 aliphatic carbocycles. The highest BCUT2D eigenvalue weighted by atomic mass is 32.2. The van der Waals surface area contributed by atoms with E-state index in [1.807, 2.05) is 13.1 Å². The molecule has 0 saturated heterocycles. The molecule has 20 heavy (non-hydrogen) atoms. The Morgan fingerprint density at radius 1 is 1.55 bits per heavy atom. The molecule has 1 aliphatic rings. The summed E-state index contributed by atoms with van der Waals surface area (Å²) >= 11 is 1.08. The lowest BCUT2D eigenvalue weighted by Crippen LogP contribution is -2.12. The minimum Gasteiger partial charge on any atom is -0.382 e. The van der Waals surface area contributed by atoms with Crippen molar-refractivity contribution < 1.29 is 8.42 Å². The first kappa shape index (κ1) is 13.4. The van der Waals surface area contributed by atoms with E-state index in [1.54, 1.807) is 10.9 Å². The Labute approximate surface area is 120 Å². The molecule has 0 unspecified atom stereocenters. The predicted octanol–water partition coefficient (Wildman–Crippen LogP) is 1.01. The first-order valence-electron chi connectivity index (χ1n) is 6.20. The van der Waals surface area contributed by atoms with Gasteiger partial charge in [0.05, 0.1) is 17.5 Å². The highest BCUT2D eigenvalue weighted by Crippen LogP contribution is 2.41. The number of anilines is 2. The van der Waals surface area contributed by atoms with Gasteiger partial charge in [-0.05, 0) is 30.4 Å². The maximum absolute atomic E-state index is 12.4. The summed E-state index contributed by atoms with van der Waals surface area (Å²) in [5.74, 6) is 0.0920. The van der Waals surface area contributed by atoms with Crippen LogP contribution in [0, 0.1) is 0 Å². The van der Waals surface area contributed by atoms with Gasteiger partial charge in [0.1, 0.15) is 9.90 Å². The Bertz CT molecular complexity index is 730. The molecule has 2 aromatic rings. The van der Waals surface area contributed by atoms with Gasteiger partial charge in [-0.15, -0.1) is 0 Å². The Balaban J connectivity index is 1.86. The summed E-state index contributed by atoms with van der Waals surface area (Å²) in [5, 5.41) is 7.38. The zero-order valence-electron chi connectivity index (χ0n) is 10.9. The molecule has 7 nitrogen and oxygen atoms in total. The largest absolute Gasteiger partial charge is 0.382 e. The minimum atomic E-state index is -3.35. The molecule has 0 atom stereocenters. The molecule has 1 saturated carbocycles. The fourth-order valence-electron chi connectivity index (χ4n) is 1.97. The number of rotatable bonds is 5. The van der Waals surface area contributed by atoms with Crippen LogP contribution in [-0.4, -0.2) is 27.8 Å². The van der Waals surface area contributed by atoms with Crippen LogP contribution in [0.15, 0.2) is 17.2 Å². The molecule has 2 aromatic heterocycles. The van der Waals surface area contributed by atoms with E-state index in [0.717, 1.165) is 17.2 Å². The quantitative estimate of drug-likeness (QED) is 0.854. The monoisotopic (exact) mass is 313 g/mol. The summed E-state index contributed by atoms with van der Waals surface area (Å²) in [5.41, 5.74) is 6.69. The van der Waals surface area contributed by atoms with Crippen molar-refractivity contribution in [2.45, 2.75) is 29.5 Å². The van der Waals surface area contributed by atoms with E-state index in [-0.39, 0.29) is 16.0 Å². The molecule has 0 radical (unpaired) electrons. The molecular weight excluding hydrogens is 298 g/mol. The van der Waals surface area contributed by atoms with Gasteiger partial charge < -0.3 is 11.1 Å². The van der Waals surface area contributed by atoms with Crippen LogP contribution in [0.5, 0.6) is 0 Å². The number of nitrogens with two attached hydrogens (primary N) is 1. The van der Waals surface area contributed by atoms with Crippen LogP contribution in [-0.2, 0) is 23.4 Å². The van der Waals surface area contributed by atoms with Crippen LogP contribution in [0.1, 0.15) is 18.5 Å². The smallest absolute Gasteiger partial charge is 0.187 e. The van der Waals surface area contributed by atoms with Crippen LogP contribution in [0.2, 0.25) is 0 Å². The van der Waals surface area contributed by atoms with Crippen molar-refractivity contribution >= 4 is 32.2 Å². The first-order chi connectivity index (χ1) is 9.50. The first-order valence-corrected chi connectivity index (χ1v) is 8.52. The van der Waals surface area contributed by atoms with E-state index in [2.05, 4.69) is 14.8 Å². The van der Waals surface area contributed by atoms with Crippen LogP contribution < -0.4 is 11.1 Å². The van der Waals surface area contributed by atoms with Gasteiger partial charge in [-0.2, -0.15) is 9.47 Å². The van der Waals surface area contributed by atoms with Gasteiger partial charge in [0.15, 0.2) is 15.7 Å². The predicted molar refractivity (Wildman–Crippen MR) is 77.3 cm³/mol. The second-order valence-corrected chi connectivity index (χ2v) is 7.71. The number of nitrogens with zero attached hydrogens (tertiary/aromatic N) is 3. The third-order valence-electron chi connectivity index (χ3n) is 3.27. The zero-order valence-corrected chi connectivity index (χ0v) is 12.5. The Hall–Kier alpha value is -1.61. The van der Waals surface area contributed by atoms with Gasteiger partial charge in [0, 0.05) is 13.2 Å². The topological polar surface area (TPSA) is 103 Å². The summed E-state index contributed by atoms with van der Waals surface area (Å²) < 4.78 is 30.4. The van der Waals surface area contributed by atoms with Crippen molar-refractivity contribution in [3.8, 4) is 0 Å². The second kappa shape index (κ2) is 4.74. The van der Waals surface area contributed by atoms with Crippen LogP contribution in [0.25, 0.3) is 0 Å². The van der Waals surface area contributed by atoms with Crippen molar-refractivity contribution in [2.75, 3.05) is 11.1 Å². The van der Waals surface area contributed by atoms with Crippen molar-refractivity contribution in [2.24, 2.45) is 7.05 Å². The molecule has 108 valence electrons. The van der Waals surface area contributed by atoms with E-state index >= 15 is 0 Å². The lowest BCUT2D eigenvalue weighted by Gasteiger charge is -2.07. The summed E-state index contributed by atoms with van der Waals surface area (Å²) in [4.78, 5) is 0.159. The molecule has 1 fully saturated rings. The minimum absolute atomic E-state index is 0.0920. The highest BCUT2D eigenvalue weighted by Gasteiger charge is 2.40. The van der Waals surface area contributed by atoms with E-state index in [9.17, 15) is 8.42 Å². The average Bonchev–Trinajstić information content (AvgIpc) is 3.09. The molecule has 0 aromatic carbocycles. The maximum atomic E-state index is 12.4. The van der Waals surface area contributed by atoms with Gasteiger partial charge in [0.25, 0.3) is 0 Å². The summed E-state index contributed by atoms with van der Waals surface area (Å²) in [6.45, 7) is 0.477. The molecule has 2 heterocycles. The second-order valence-electron chi connectivity index (χ2n) is 4.77. The third kappa shape index (κ3) is 2.27. The molecule has 3 rings (SSSR count). The number of nitrogens with one attached hydrogen (secondary N) is 1. The van der Waals surface area contributed by atoms with Gasteiger partial charge in [-0.3, -0.25) is 4.68 Å². The van der Waals surface area contributed by atoms with Crippen LogP contribution in [0.3, 0.4) is 0 Å². The Morgan fingerprint density at radius 2 is 2.30 bits per heavy atom. The number of aromatic nitrogens is 3. The number of hydrogen-bond donors (Lipinski definition) is 2. The third-order valence-corrected chi connectivity index (χ3v) is 6.55. The van der Waals surface area contributed by atoms with Crippen molar-refractivity contribution in [1.29, 1.82) is 0 Å². The molecule has 9 heteroatoms. The summed E-state index contributed by atoms with van der Waals surface area (Å²) in [6, 6.07) is 1.87. The fourth-order valence-corrected chi connectivity index (χ4v) is 4.85. The molecule has 0 spiro atoms.